The van der Waals surface area contributed by atoms with E-state index in [1.54, 1.807) is 0 Å². The molecule has 0 saturated heterocycles. The van der Waals surface area contributed by atoms with Crippen molar-refractivity contribution in [2.75, 3.05) is 7.05 Å². The normalized spacial score (nSPS) is 29.4. The van der Waals surface area contributed by atoms with Crippen LogP contribution in [-0.2, 0) is 11.3 Å². The van der Waals surface area contributed by atoms with Gasteiger partial charge in [-0.05, 0) is 62.5 Å². The Kier molecular flexibility index (Phi) is 5.80. The number of carbonyl (C=O) groups excluding carboxylic acids is 1. The molecule has 0 radical (unpaired) electrons. The number of carbonyl (C=O) groups is 1. The summed E-state index contributed by atoms with van der Waals surface area (Å²) in [5, 5.41) is 11.5. The summed E-state index contributed by atoms with van der Waals surface area (Å²) in [6.45, 7) is 0.362. The third-order valence-corrected chi connectivity index (χ3v) is 8.97. The molecule has 2 aromatic rings. The van der Waals surface area contributed by atoms with Crippen LogP contribution in [0.5, 0.6) is 0 Å². The molecule has 0 spiro atoms. The summed E-state index contributed by atoms with van der Waals surface area (Å²) in [5.41, 5.74) is 2.04. The lowest BCUT2D eigenvalue weighted by Gasteiger charge is -2.26. The van der Waals surface area contributed by atoms with Gasteiger partial charge in [-0.2, -0.15) is 0 Å². The third kappa shape index (κ3) is 4.01. The Labute approximate surface area is 183 Å². The number of aliphatic hydroxyl groups excluding tert-OH is 1. The zero-order valence-corrected chi connectivity index (χ0v) is 18.7. The molecule has 1 amide bonds. The van der Waals surface area contributed by atoms with E-state index in [1.807, 2.05) is 35.8 Å². The Hall–Kier alpha value is -1.53. The summed E-state index contributed by atoms with van der Waals surface area (Å²) >= 11 is 1.87. The second kappa shape index (κ2) is 8.54. The summed E-state index contributed by atoms with van der Waals surface area (Å²) < 4.78 is 2.15. The largest absolute Gasteiger partial charge is 0.393 e. The lowest BCUT2D eigenvalue weighted by atomic mass is 10.0. The van der Waals surface area contributed by atoms with Crippen molar-refractivity contribution in [2.24, 2.45) is 11.8 Å². The number of benzene rings is 1. The number of hydrogen-bond acceptors (Lipinski definition) is 4. The first-order valence-corrected chi connectivity index (χ1v) is 12.5. The quantitative estimate of drug-likeness (QED) is 0.765. The molecule has 3 saturated carbocycles. The molecule has 0 bridgehead atoms. The maximum Gasteiger partial charge on any atom is 0.242 e. The van der Waals surface area contributed by atoms with Crippen LogP contribution in [0.15, 0.2) is 29.4 Å². The second-order valence-corrected chi connectivity index (χ2v) is 10.9. The number of nitrogens with zero attached hydrogens (tertiary/aromatic N) is 3. The Bertz CT molecular complexity index is 893. The Morgan fingerprint density at radius 1 is 1.13 bits per heavy atom. The van der Waals surface area contributed by atoms with Crippen LogP contribution < -0.4 is 0 Å². The predicted molar refractivity (Wildman–Crippen MR) is 120 cm³/mol. The highest BCUT2D eigenvalue weighted by Gasteiger charge is 2.43. The van der Waals surface area contributed by atoms with Crippen LogP contribution in [0.3, 0.4) is 0 Å². The van der Waals surface area contributed by atoms with Crippen molar-refractivity contribution in [1.82, 2.24) is 14.5 Å². The number of aliphatic hydroxyl groups is 1. The molecule has 6 heteroatoms. The number of rotatable bonds is 5. The minimum Gasteiger partial charge on any atom is -0.393 e. The third-order valence-electron chi connectivity index (χ3n) is 7.64. The fourth-order valence-corrected chi connectivity index (χ4v) is 7.26. The average molecular weight is 428 g/mol. The zero-order chi connectivity index (χ0) is 20.7. The van der Waals surface area contributed by atoms with Gasteiger partial charge in [-0.15, -0.1) is 0 Å². The minimum atomic E-state index is -0.126. The first-order chi connectivity index (χ1) is 14.6. The molecule has 3 fully saturated rings. The molecular weight excluding hydrogens is 394 g/mol. The van der Waals surface area contributed by atoms with Gasteiger partial charge in [0.2, 0.25) is 5.91 Å². The Morgan fingerprint density at radius 3 is 2.57 bits per heavy atom. The molecule has 5 rings (SSSR count). The number of imidazole rings is 1. The van der Waals surface area contributed by atoms with Crippen LogP contribution in [-0.4, -0.2) is 49.9 Å². The minimum absolute atomic E-state index is 0.126. The number of hydrogen-bond donors (Lipinski definition) is 1. The van der Waals surface area contributed by atoms with Crippen molar-refractivity contribution >= 4 is 28.7 Å². The van der Waals surface area contributed by atoms with Crippen molar-refractivity contribution in [3.05, 3.63) is 24.3 Å². The van der Waals surface area contributed by atoms with Crippen molar-refractivity contribution in [3.63, 3.8) is 0 Å². The van der Waals surface area contributed by atoms with E-state index >= 15 is 0 Å². The van der Waals surface area contributed by atoms with Gasteiger partial charge in [0.25, 0.3) is 0 Å². The van der Waals surface area contributed by atoms with Gasteiger partial charge < -0.3 is 14.6 Å². The summed E-state index contributed by atoms with van der Waals surface area (Å²) in [6, 6.07) is 8.50. The molecule has 30 heavy (non-hydrogen) atoms. The van der Waals surface area contributed by atoms with Gasteiger partial charge in [0.15, 0.2) is 5.16 Å². The van der Waals surface area contributed by atoms with E-state index in [9.17, 15) is 9.90 Å². The van der Waals surface area contributed by atoms with Gasteiger partial charge in [0, 0.05) is 18.3 Å². The van der Waals surface area contributed by atoms with Crippen LogP contribution in [0.4, 0.5) is 0 Å². The molecule has 1 N–H and O–H groups in total. The smallest absolute Gasteiger partial charge is 0.242 e. The van der Waals surface area contributed by atoms with Crippen molar-refractivity contribution in [1.29, 1.82) is 0 Å². The lowest BCUT2D eigenvalue weighted by Crippen LogP contribution is -2.38. The predicted octanol–water partition coefficient (Wildman–Crippen LogP) is 4.47. The van der Waals surface area contributed by atoms with Crippen LogP contribution in [0.2, 0.25) is 0 Å². The van der Waals surface area contributed by atoms with E-state index in [0.29, 0.717) is 29.7 Å². The van der Waals surface area contributed by atoms with Crippen LogP contribution in [0.25, 0.3) is 11.0 Å². The average Bonchev–Trinajstić information content (AvgIpc) is 3.39. The summed E-state index contributed by atoms with van der Waals surface area (Å²) in [5.74, 6) is 1.35. The van der Waals surface area contributed by atoms with Gasteiger partial charge in [-0.25, -0.2) is 4.98 Å². The molecule has 3 aliphatic carbocycles. The molecular formula is C24H33N3O2S. The number of thioether (sulfide) groups is 1. The summed E-state index contributed by atoms with van der Waals surface area (Å²) in [4.78, 5) is 20.2. The van der Waals surface area contributed by atoms with Gasteiger partial charge in [-0.1, -0.05) is 43.2 Å². The Morgan fingerprint density at radius 2 is 1.83 bits per heavy atom. The monoisotopic (exact) mass is 427 g/mol. The number of likely N-dealkylation sites (N-methyl/N-ethyl adjacent to an activating group) is 1. The zero-order valence-electron chi connectivity index (χ0n) is 17.9. The van der Waals surface area contributed by atoms with Crippen molar-refractivity contribution in [3.8, 4) is 0 Å². The van der Waals surface area contributed by atoms with Gasteiger partial charge in [-0.3, -0.25) is 4.79 Å². The molecule has 1 heterocycles. The van der Waals surface area contributed by atoms with E-state index in [2.05, 4.69) is 16.7 Å². The Balaban J connectivity index is 1.32. The fraction of sp³-hybridized carbons (Fsp3) is 0.667. The van der Waals surface area contributed by atoms with Crippen LogP contribution in [0.1, 0.15) is 57.8 Å². The fourth-order valence-electron chi connectivity index (χ4n) is 5.95. The lowest BCUT2D eigenvalue weighted by molar-refractivity contribution is -0.132. The van der Waals surface area contributed by atoms with Crippen molar-refractivity contribution < 1.29 is 9.90 Å². The standard InChI is InChI=1S/C24H33N3O2S/c1-26(18-11-16-13-19(28)14-17(16)12-18)23(29)15-27-22-10-6-5-9-21(22)25-24(27)30-20-7-3-2-4-8-20/h5-6,9-10,16-20,28H,2-4,7-8,11-15H2,1H3/t16-,17+,18?,19?. The molecule has 5 nitrogen and oxygen atoms in total. The highest BCUT2D eigenvalue weighted by Crippen LogP contribution is 2.45. The number of amides is 1. The number of aromatic nitrogens is 2. The SMILES string of the molecule is CN(C(=O)Cn1c(SC2CCCCC2)nc2ccccc21)C1C[C@H]2CC(O)C[C@H]2C1. The molecule has 1 aromatic heterocycles. The van der Waals surface area contributed by atoms with E-state index in [1.165, 1.54) is 32.1 Å². The maximum absolute atomic E-state index is 13.3. The van der Waals surface area contributed by atoms with Gasteiger partial charge in [0.1, 0.15) is 6.54 Å². The van der Waals surface area contributed by atoms with Crippen LogP contribution in [0, 0.1) is 11.8 Å². The molecule has 1 aromatic carbocycles. The van der Waals surface area contributed by atoms with E-state index in [-0.39, 0.29) is 12.0 Å². The number of fused-ring (bicyclic) bond motifs is 2. The van der Waals surface area contributed by atoms with Crippen molar-refractivity contribution in [2.45, 2.75) is 86.9 Å². The van der Waals surface area contributed by atoms with E-state index < -0.39 is 0 Å². The van der Waals surface area contributed by atoms with Crippen LogP contribution >= 0.6 is 11.8 Å². The molecule has 3 aliphatic rings. The topological polar surface area (TPSA) is 58.4 Å². The first-order valence-electron chi connectivity index (χ1n) is 11.6. The van der Waals surface area contributed by atoms with E-state index in [4.69, 9.17) is 4.98 Å². The highest BCUT2D eigenvalue weighted by molar-refractivity contribution is 7.99. The molecule has 2 unspecified atom stereocenters. The van der Waals surface area contributed by atoms with E-state index in [0.717, 1.165) is 41.9 Å². The molecule has 0 aliphatic heterocycles. The van der Waals surface area contributed by atoms with Gasteiger partial charge >= 0.3 is 0 Å². The highest BCUT2D eigenvalue weighted by atomic mass is 32.2. The summed E-state index contributed by atoms with van der Waals surface area (Å²) in [6.07, 6.45) is 10.2. The van der Waals surface area contributed by atoms with Gasteiger partial charge in [0.05, 0.1) is 17.1 Å². The molecule has 162 valence electrons. The summed E-state index contributed by atoms with van der Waals surface area (Å²) in [7, 11) is 1.97. The first kappa shape index (κ1) is 20.4. The molecule has 4 atom stereocenters. The number of para-hydroxylation sites is 2. The second-order valence-electron chi connectivity index (χ2n) is 9.62. The maximum atomic E-state index is 13.3.